The molecule has 1 N–H and O–H groups in total. The van der Waals surface area contributed by atoms with Gasteiger partial charge in [-0.05, 0) is 48.5 Å². The van der Waals surface area contributed by atoms with Crippen molar-refractivity contribution in [3.05, 3.63) is 53.6 Å². The average Bonchev–Trinajstić information content (AvgIpc) is 2.47. The maximum atomic E-state index is 12.0. The zero-order valence-corrected chi connectivity index (χ0v) is 12.3. The number of benzene rings is 2. The van der Waals surface area contributed by atoms with Crippen LogP contribution in [0.25, 0.3) is 0 Å². The first-order valence-corrected chi connectivity index (χ1v) is 6.74. The number of anilines is 1. The molecule has 0 unspecified atom stereocenters. The highest BCUT2D eigenvalue weighted by molar-refractivity contribution is 6.30. The third-order valence-electron chi connectivity index (χ3n) is 2.56. The number of alkyl halides is 3. The van der Waals surface area contributed by atoms with Gasteiger partial charge < -0.3 is 14.8 Å². The predicted octanol–water partition coefficient (Wildman–Crippen LogP) is 4.26. The van der Waals surface area contributed by atoms with Crippen LogP contribution in [0.5, 0.6) is 11.5 Å². The van der Waals surface area contributed by atoms with E-state index in [-0.39, 0.29) is 12.4 Å². The summed E-state index contributed by atoms with van der Waals surface area (Å²) in [6.45, 7) is -0.248. The van der Waals surface area contributed by atoms with E-state index >= 15 is 0 Å². The number of carbonyl (C=O) groups excluding carboxylic acids is 1. The van der Waals surface area contributed by atoms with E-state index in [2.05, 4.69) is 10.1 Å². The minimum atomic E-state index is -4.75. The molecular formula is C15H11ClF3NO3. The maximum absolute atomic E-state index is 12.0. The second kappa shape index (κ2) is 7.23. The van der Waals surface area contributed by atoms with Crippen LogP contribution in [-0.4, -0.2) is 18.9 Å². The molecule has 2 rings (SSSR count). The van der Waals surface area contributed by atoms with Crippen LogP contribution >= 0.6 is 11.6 Å². The lowest BCUT2D eigenvalue weighted by Crippen LogP contribution is -2.20. The number of hydrogen-bond donors (Lipinski definition) is 1. The van der Waals surface area contributed by atoms with Crippen molar-refractivity contribution >= 4 is 23.2 Å². The molecule has 0 spiro atoms. The molecule has 8 heteroatoms. The van der Waals surface area contributed by atoms with E-state index in [9.17, 15) is 18.0 Å². The lowest BCUT2D eigenvalue weighted by Gasteiger charge is -2.10. The van der Waals surface area contributed by atoms with Crippen molar-refractivity contribution in [3.8, 4) is 11.5 Å². The number of rotatable bonds is 5. The van der Waals surface area contributed by atoms with Gasteiger partial charge in [-0.3, -0.25) is 4.79 Å². The summed E-state index contributed by atoms with van der Waals surface area (Å²) in [6.07, 6.45) is -4.75. The smallest absolute Gasteiger partial charge is 0.484 e. The molecule has 0 aliphatic heterocycles. The van der Waals surface area contributed by atoms with Crippen LogP contribution in [0.2, 0.25) is 5.02 Å². The van der Waals surface area contributed by atoms with Gasteiger partial charge in [0, 0.05) is 10.7 Å². The Morgan fingerprint density at radius 1 is 1.00 bits per heavy atom. The summed E-state index contributed by atoms with van der Waals surface area (Å²) in [6, 6.07) is 11.2. The largest absolute Gasteiger partial charge is 0.573 e. The zero-order chi connectivity index (χ0) is 16.9. The number of nitrogens with one attached hydrogen (secondary N) is 1. The van der Waals surface area contributed by atoms with Crippen LogP contribution in [0.15, 0.2) is 48.5 Å². The summed E-state index contributed by atoms with van der Waals surface area (Å²) in [5.41, 5.74) is 0.323. The van der Waals surface area contributed by atoms with E-state index in [1.165, 1.54) is 12.1 Å². The molecule has 2 aromatic rings. The fraction of sp³-hybridized carbons (Fsp3) is 0.133. The Labute approximate surface area is 134 Å². The highest BCUT2D eigenvalue weighted by atomic mass is 35.5. The Bertz CT molecular complexity index is 657. The van der Waals surface area contributed by atoms with Crippen molar-refractivity contribution in [2.75, 3.05) is 11.9 Å². The van der Waals surface area contributed by atoms with Crippen LogP contribution in [0, 0.1) is 0 Å². The summed E-state index contributed by atoms with van der Waals surface area (Å²) in [5, 5.41) is 3.03. The van der Waals surface area contributed by atoms with Gasteiger partial charge in [0.1, 0.15) is 11.5 Å². The van der Waals surface area contributed by atoms with Crippen molar-refractivity contribution in [3.63, 3.8) is 0 Å². The van der Waals surface area contributed by atoms with E-state index in [4.69, 9.17) is 16.3 Å². The summed E-state index contributed by atoms with van der Waals surface area (Å²) in [4.78, 5) is 11.7. The second-order valence-corrected chi connectivity index (χ2v) is 4.80. The number of amides is 1. The van der Waals surface area contributed by atoms with E-state index in [0.717, 1.165) is 12.1 Å². The zero-order valence-electron chi connectivity index (χ0n) is 11.6. The lowest BCUT2D eigenvalue weighted by atomic mass is 10.3. The molecule has 2 aromatic carbocycles. The predicted molar refractivity (Wildman–Crippen MR) is 78.7 cm³/mol. The number of ether oxygens (including phenoxy) is 2. The fourth-order valence-electron chi connectivity index (χ4n) is 1.62. The van der Waals surface area contributed by atoms with Gasteiger partial charge in [-0.15, -0.1) is 13.2 Å². The van der Waals surface area contributed by atoms with Crippen LogP contribution in [0.3, 0.4) is 0 Å². The standard InChI is InChI=1S/C15H11ClF3NO3/c16-10-1-5-12(6-2-10)22-9-14(21)20-11-3-7-13(8-4-11)23-15(17,18)19/h1-8H,9H2,(H,20,21). The molecular weight excluding hydrogens is 335 g/mol. The Kier molecular flexibility index (Phi) is 5.33. The first-order chi connectivity index (χ1) is 10.8. The third-order valence-corrected chi connectivity index (χ3v) is 2.81. The van der Waals surface area contributed by atoms with Gasteiger partial charge >= 0.3 is 6.36 Å². The Morgan fingerprint density at radius 3 is 2.13 bits per heavy atom. The second-order valence-electron chi connectivity index (χ2n) is 4.36. The molecule has 4 nitrogen and oxygen atoms in total. The Hall–Kier alpha value is -2.41. The van der Waals surface area contributed by atoms with Crippen LogP contribution in [0.1, 0.15) is 0 Å². The Morgan fingerprint density at radius 2 is 1.57 bits per heavy atom. The molecule has 0 bridgehead atoms. The SMILES string of the molecule is O=C(COc1ccc(Cl)cc1)Nc1ccc(OC(F)(F)F)cc1. The molecule has 0 saturated carbocycles. The Balaban J connectivity index is 1.84. The van der Waals surface area contributed by atoms with Crippen molar-refractivity contribution < 1.29 is 27.4 Å². The maximum Gasteiger partial charge on any atom is 0.573 e. The molecule has 122 valence electrons. The van der Waals surface area contributed by atoms with Crippen LogP contribution in [-0.2, 0) is 4.79 Å². The molecule has 1 amide bonds. The van der Waals surface area contributed by atoms with Crippen molar-refractivity contribution in [2.45, 2.75) is 6.36 Å². The molecule has 0 aromatic heterocycles. The fourth-order valence-corrected chi connectivity index (χ4v) is 1.74. The van der Waals surface area contributed by atoms with Gasteiger partial charge in [0.15, 0.2) is 6.61 Å². The number of halogens is 4. The topological polar surface area (TPSA) is 47.6 Å². The molecule has 23 heavy (non-hydrogen) atoms. The molecule has 0 atom stereocenters. The molecule has 0 aliphatic carbocycles. The van der Waals surface area contributed by atoms with E-state index in [1.54, 1.807) is 24.3 Å². The van der Waals surface area contributed by atoms with Gasteiger partial charge in [0.05, 0.1) is 0 Å². The lowest BCUT2D eigenvalue weighted by molar-refractivity contribution is -0.274. The van der Waals surface area contributed by atoms with Crippen LogP contribution in [0.4, 0.5) is 18.9 Å². The number of carbonyl (C=O) groups is 1. The van der Waals surface area contributed by atoms with Gasteiger partial charge in [-0.25, -0.2) is 0 Å². The quantitative estimate of drug-likeness (QED) is 0.881. The summed E-state index contributed by atoms with van der Waals surface area (Å²) >= 11 is 5.72. The van der Waals surface area contributed by atoms with Crippen LogP contribution < -0.4 is 14.8 Å². The van der Waals surface area contributed by atoms with Gasteiger partial charge in [0.25, 0.3) is 5.91 Å². The van der Waals surface area contributed by atoms with Crippen molar-refractivity contribution in [1.29, 1.82) is 0 Å². The van der Waals surface area contributed by atoms with Gasteiger partial charge in [-0.2, -0.15) is 0 Å². The third kappa shape index (κ3) is 6.07. The van der Waals surface area contributed by atoms with Crippen molar-refractivity contribution in [1.82, 2.24) is 0 Å². The molecule has 0 aliphatic rings. The molecule has 0 fully saturated rings. The molecule has 0 radical (unpaired) electrons. The first kappa shape index (κ1) is 17.0. The van der Waals surface area contributed by atoms with E-state index in [0.29, 0.717) is 16.5 Å². The van der Waals surface area contributed by atoms with E-state index < -0.39 is 12.3 Å². The molecule has 0 saturated heterocycles. The number of hydrogen-bond acceptors (Lipinski definition) is 3. The monoisotopic (exact) mass is 345 g/mol. The first-order valence-electron chi connectivity index (χ1n) is 6.36. The minimum absolute atomic E-state index is 0.248. The average molecular weight is 346 g/mol. The normalized spacial score (nSPS) is 11.0. The minimum Gasteiger partial charge on any atom is -0.484 e. The van der Waals surface area contributed by atoms with E-state index in [1.807, 2.05) is 0 Å². The summed E-state index contributed by atoms with van der Waals surface area (Å²) in [7, 11) is 0. The van der Waals surface area contributed by atoms with Crippen molar-refractivity contribution in [2.24, 2.45) is 0 Å². The highest BCUT2D eigenvalue weighted by Gasteiger charge is 2.30. The van der Waals surface area contributed by atoms with Gasteiger partial charge in [0.2, 0.25) is 0 Å². The van der Waals surface area contributed by atoms with Gasteiger partial charge in [-0.1, -0.05) is 11.6 Å². The highest BCUT2D eigenvalue weighted by Crippen LogP contribution is 2.24. The summed E-state index contributed by atoms with van der Waals surface area (Å²) in [5.74, 6) is -0.351. The summed E-state index contributed by atoms with van der Waals surface area (Å²) < 4.78 is 45.0. The molecule has 0 heterocycles.